The predicted molar refractivity (Wildman–Crippen MR) is 61.0 cm³/mol. The summed E-state index contributed by atoms with van der Waals surface area (Å²) in [6.45, 7) is 0.696. The number of methoxy groups -OCH3 is 1. The normalized spacial score (nSPS) is 10.3. The molecule has 0 spiro atoms. The van der Waals surface area contributed by atoms with Gasteiger partial charge >= 0.3 is 4.87 Å². The molecule has 0 bridgehead atoms. The first kappa shape index (κ1) is 11.0. The van der Waals surface area contributed by atoms with Crippen LogP contribution in [0.1, 0.15) is 12.8 Å². The van der Waals surface area contributed by atoms with Crippen molar-refractivity contribution in [2.75, 3.05) is 11.5 Å². The molecule has 0 saturated heterocycles. The van der Waals surface area contributed by atoms with Crippen LogP contribution in [0.15, 0.2) is 4.79 Å². The van der Waals surface area contributed by atoms with Gasteiger partial charge in [0.2, 0.25) is 0 Å². The van der Waals surface area contributed by atoms with Crippen LogP contribution in [0, 0.1) is 0 Å². The van der Waals surface area contributed by atoms with Crippen molar-refractivity contribution in [3.63, 3.8) is 0 Å². The van der Waals surface area contributed by atoms with Crippen molar-refractivity contribution in [1.82, 2.24) is 9.78 Å². The lowest BCUT2D eigenvalue weighted by atomic mass is 10.3. The molecule has 0 radical (unpaired) electrons. The molecule has 0 unspecified atom stereocenters. The molecule has 0 fully saturated rings. The average Bonchev–Trinajstić information content (AvgIpc) is 2.48. The number of hydrogen-bond donors (Lipinski definition) is 0. The van der Waals surface area contributed by atoms with Crippen LogP contribution < -0.4 is 9.61 Å². The van der Waals surface area contributed by atoms with Crippen LogP contribution in [-0.4, -0.2) is 21.3 Å². The molecule has 0 aliphatic carbocycles. The highest BCUT2D eigenvalue weighted by Gasteiger charge is 2.04. The number of ether oxygens (including phenoxy) is 1. The van der Waals surface area contributed by atoms with Crippen LogP contribution in [0.3, 0.4) is 0 Å². The van der Waals surface area contributed by atoms with Crippen LogP contribution in [0.5, 0.6) is 5.19 Å². The van der Waals surface area contributed by atoms with Gasteiger partial charge in [-0.25, -0.2) is 4.68 Å². The highest BCUT2D eigenvalue weighted by Crippen LogP contribution is 2.08. The monoisotopic (exact) mass is 314 g/mol. The number of halogens is 1. The van der Waals surface area contributed by atoms with E-state index in [1.165, 1.54) is 11.8 Å². The van der Waals surface area contributed by atoms with Crippen LogP contribution >= 0.6 is 33.9 Å². The third-order valence-electron chi connectivity index (χ3n) is 1.52. The summed E-state index contributed by atoms with van der Waals surface area (Å²) < 4.78 is 7.45. The molecule has 1 aromatic heterocycles. The molecule has 6 heteroatoms. The number of hydrogen-bond acceptors (Lipinski definition) is 4. The summed E-state index contributed by atoms with van der Waals surface area (Å²) in [5.74, 6) is 0. The zero-order valence-corrected chi connectivity index (χ0v) is 10.3. The second kappa shape index (κ2) is 5.58. The number of aromatic nitrogens is 2. The molecule has 1 aromatic rings. The molecule has 0 saturated carbocycles. The first-order chi connectivity index (χ1) is 6.27. The first-order valence-corrected chi connectivity index (χ1v) is 6.30. The van der Waals surface area contributed by atoms with Crippen molar-refractivity contribution in [2.24, 2.45) is 0 Å². The highest BCUT2D eigenvalue weighted by atomic mass is 127. The zero-order valence-electron chi connectivity index (χ0n) is 7.33. The summed E-state index contributed by atoms with van der Waals surface area (Å²) in [5, 5.41) is 4.44. The standard InChI is InChI=1S/C7H11IN2O2S/c1-12-6-9-10(7(11)13-6)5-3-2-4-8/h2-5H2,1H3. The Balaban J connectivity index is 2.55. The summed E-state index contributed by atoms with van der Waals surface area (Å²) in [6, 6.07) is 0. The molecule has 0 N–H and O–H groups in total. The van der Waals surface area contributed by atoms with E-state index in [0.29, 0.717) is 11.7 Å². The maximum Gasteiger partial charge on any atom is 0.328 e. The Hall–Kier alpha value is -0.110. The Labute approximate surface area is 94.1 Å². The van der Waals surface area contributed by atoms with Crippen LogP contribution in [-0.2, 0) is 6.54 Å². The summed E-state index contributed by atoms with van der Waals surface area (Å²) in [4.78, 5) is 11.2. The van der Waals surface area contributed by atoms with E-state index in [1.54, 1.807) is 0 Å². The lowest BCUT2D eigenvalue weighted by Crippen LogP contribution is -2.14. The minimum atomic E-state index is -0.0368. The molecule has 74 valence electrons. The number of nitrogens with zero attached hydrogens (tertiary/aromatic N) is 2. The van der Waals surface area contributed by atoms with Gasteiger partial charge in [0.1, 0.15) is 0 Å². The van der Waals surface area contributed by atoms with Crippen molar-refractivity contribution in [2.45, 2.75) is 19.4 Å². The second-order valence-electron chi connectivity index (χ2n) is 2.46. The van der Waals surface area contributed by atoms with Gasteiger partial charge in [-0.05, 0) is 28.6 Å². The third kappa shape index (κ3) is 3.26. The van der Waals surface area contributed by atoms with Gasteiger partial charge in [-0.2, -0.15) is 0 Å². The van der Waals surface area contributed by atoms with Crippen LogP contribution in [0.2, 0.25) is 0 Å². The van der Waals surface area contributed by atoms with E-state index in [2.05, 4.69) is 27.7 Å². The topological polar surface area (TPSA) is 44.1 Å². The maximum absolute atomic E-state index is 11.2. The molecular weight excluding hydrogens is 303 g/mol. The summed E-state index contributed by atoms with van der Waals surface area (Å²) in [6.07, 6.45) is 2.11. The summed E-state index contributed by atoms with van der Waals surface area (Å²) >= 11 is 3.37. The fourth-order valence-electron chi connectivity index (χ4n) is 0.867. The van der Waals surface area contributed by atoms with Gasteiger partial charge in [-0.1, -0.05) is 22.6 Å². The summed E-state index contributed by atoms with van der Waals surface area (Å²) in [7, 11) is 1.52. The third-order valence-corrected chi connectivity index (χ3v) is 3.09. The van der Waals surface area contributed by atoms with Crippen LogP contribution in [0.25, 0.3) is 0 Å². The average molecular weight is 314 g/mol. The fourth-order valence-corrected chi connectivity index (χ4v) is 2.02. The van der Waals surface area contributed by atoms with Gasteiger partial charge in [0.25, 0.3) is 5.19 Å². The van der Waals surface area contributed by atoms with E-state index in [1.807, 2.05) is 0 Å². The molecule has 1 heterocycles. The van der Waals surface area contributed by atoms with E-state index in [9.17, 15) is 4.79 Å². The lowest BCUT2D eigenvalue weighted by Gasteiger charge is -1.96. The Bertz CT molecular complexity index is 310. The molecule has 4 nitrogen and oxygen atoms in total. The fraction of sp³-hybridized carbons (Fsp3) is 0.714. The van der Waals surface area contributed by atoms with Gasteiger partial charge in [-0.15, -0.1) is 5.10 Å². The van der Waals surface area contributed by atoms with E-state index in [4.69, 9.17) is 4.74 Å². The van der Waals surface area contributed by atoms with Crippen molar-refractivity contribution >= 4 is 33.9 Å². The smallest absolute Gasteiger partial charge is 0.328 e. The van der Waals surface area contributed by atoms with E-state index in [-0.39, 0.29) is 4.87 Å². The predicted octanol–water partition coefficient (Wildman–Crippen LogP) is 1.53. The van der Waals surface area contributed by atoms with Crippen molar-refractivity contribution < 1.29 is 4.74 Å². The van der Waals surface area contributed by atoms with Crippen LogP contribution in [0.4, 0.5) is 0 Å². The summed E-state index contributed by atoms with van der Waals surface area (Å²) in [5.41, 5.74) is 0. The highest BCUT2D eigenvalue weighted by molar-refractivity contribution is 14.1. The largest absolute Gasteiger partial charge is 0.472 e. The minimum Gasteiger partial charge on any atom is -0.472 e. The lowest BCUT2D eigenvalue weighted by molar-refractivity contribution is 0.394. The van der Waals surface area contributed by atoms with E-state index < -0.39 is 0 Å². The number of unbranched alkanes of at least 4 members (excludes halogenated alkanes) is 1. The molecule has 1 rings (SSSR count). The van der Waals surface area contributed by atoms with Crippen molar-refractivity contribution in [3.8, 4) is 5.19 Å². The van der Waals surface area contributed by atoms with E-state index >= 15 is 0 Å². The van der Waals surface area contributed by atoms with Crippen molar-refractivity contribution in [3.05, 3.63) is 9.67 Å². The van der Waals surface area contributed by atoms with Gasteiger partial charge < -0.3 is 4.74 Å². The molecular formula is C7H11IN2O2S. The second-order valence-corrected chi connectivity index (χ2v) is 4.44. The molecule has 0 amide bonds. The molecule has 13 heavy (non-hydrogen) atoms. The first-order valence-electron chi connectivity index (χ1n) is 3.96. The molecule has 0 aliphatic rings. The molecule has 0 aliphatic heterocycles. The van der Waals surface area contributed by atoms with Gasteiger partial charge in [0.15, 0.2) is 0 Å². The number of rotatable bonds is 5. The number of aryl methyl sites for hydroxylation is 1. The number of alkyl halides is 1. The minimum absolute atomic E-state index is 0.0368. The Morgan fingerprint density at radius 3 is 2.92 bits per heavy atom. The van der Waals surface area contributed by atoms with Gasteiger partial charge in [0.05, 0.1) is 7.11 Å². The zero-order chi connectivity index (χ0) is 9.68. The van der Waals surface area contributed by atoms with Crippen molar-refractivity contribution in [1.29, 1.82) is 0 Å². The van der Waals surface area contributed by atoms with E-state index in [0.717, 1.165) is 28.6 Å². The molecule has 0 atom stereocenters. The Morgan fingerprint density at radius 1 is 1.62 bits per heavy atom. The Morgan fingerprint density at radius 2 is 2.38 bits per heavy atom. The van der Waals surface area contributed by atoms with Gasteiger partial charge in [-0.3, -0.25) is 4.79 Å². The maximum atomic E-state index is 11.2. The van der Waals surface area contributed by atoms with Gasteiger partial charge in [0, 0.05) is 6.54 Å². The SMILES string of the molecule is COc1nn(CCCCI)c(=O)s1. The quantitative estimate of drug-likeness (QED) is 0.470. The molecule has 0 aromatic carbocycles. The Kier molecular flexibility index (Phi) is 4.71.